The quantitative estimate of drug-likeness (QED) is 0.680. The first kappa shape index (κ1) is 14.2. The van der Waals surface area contributed by atoms with Crippen molar-refractivity contribution in [3.05, 3.63) is 65.3 Å². The molecule has 0 spiro atoms. The fourth-order valence-electron chi connectivity index (χ4n) is 2.82. The summed E-state index contributed by atoms with van der Waals surface area (Å²) in [5, 5.41) is 0.683. The highest BCUT2D eigenvalue weighted by Gasteiger charge is 2.26. The van der Waals surface area contributed by atoms with Gasteiger partial charge in [-0.1, -0.05) is 54.1 Å². The van der Waals surface area contributed by atoms with E-state index in [1.807, 2.05) is 61.5 Å². The van der Waals surface area contributed by atoms with E-state index in [2.05, 4.69) is 0 Å². The lowest BCUT2D eigenvalue weighted by atomic mass is 10.1. The Bertz CT molecular complexity index is 864. The minimum Gasteiger partial charge on any atom is -0.486 e. The zero-order chi connectivity index (χ0) is 15.8. The van der Waals surface area contributed by atoms with Gasteiger partial charge in [0.05, 0.1) is 5.69 Å². The number of halogens is 1. The molecule has 0 saturated carbocycles. The number of aromatic nitrogens is 2. The van der Waals surface area contributed by atoms with E-state index in [1.165, 1.54) is 0 Å². The lowest BCUT2D eigenvalue weighted by molar-refractivity contribution is 0.255. The van der Waals surface area contributed by atoms with Crippen LogP contribution in [0.3, 0.4) is 0 Å². The first-order valence-electron chi connectivity index (χ1n) is 7.59. The monoisotopic (exact) mass is 322 g/mol. The van der Waals surface area contributed by atoms with Crippen LogP contribution in [-0.4, -0.2) is 16.1 Å². The van der Waals surface area contributed by atoms with Crippen LogP contribution < -0.4 is 4.74 Å². The first-order chi connectivity index (χ1) is 11.2. The van der Waals surface area contributed by atoms with Gasteiger partial charge < -0.3 is 4.74 Å². The molecule has 1 atom stereocenters. The van der Waals surface area contributed by atoms with Gasteiger partial charge in [0.25, 0.3) is 0 Å². The molecular weight excluding hydrogens is 308 g/mol. The number of hydrogen-bond acceptors (Lipinski definition) is 3. The van der Waals surface area contributed by atoms with E-state index >= 15 is 0 Å². The highest BCUT2D eigenvalue weighted by molar-refractivity contribution is 6.30. The van der Waals surface area contributed by atoms with Gasteiger partial charge in [-0.25, -0.2) is 9.97 Å². The van der Waals surface area contributed by atoms with Crippen LogP contribution in [0.4, 0.5) is 0 Å². The zero-order valence-electron chi connectivity index (χ0n) is 12.7. The van der Waals surface area contributed by atoms with Crippen molar-refractivity contribution in [1.29, 1.82) is 0 Å². The molecule has 0 radical (unpaired) electrons. The van der Waals surface area contributed by atoms with E-state index in [4.69, 9.17) is 26.3 Å². The molecule has 23 heavy (non-hydrogen) atoms. The molecule has 0 N–H and O–H groups in total. The van der Waals surface area contributed by atoms with E-state index in [0.29, 0.717) is 5.02 Å². The highest BCUT2D eigenvalue weighted by atomic mass is 35.5. The van der Waals surface area contributed by atoms with E-state index in [-0.39, 0.29) is 6.10 Å². The topological polar surface area (TPSA) is 35.0 Å². The van der Waals surface area contributed by atoms with Crippen molar-refractivity contribution in [2.45, 2.75) is 19.4 Å². The predicted octanol–water partition coefficient (Wildman–Crippen LogP) is 4.79. The molecule has 0 bridgehead atoms. The van der Waals surface area contributed by atoms with Gasteiger partial charge in [0, 0.05) is 22.6 Å². The summed E-state index contributed by atoms with van der Waals surface area (Å²) in [6.45, 7) is 2.05. The number of nitrogens with zero attached hydrogens (tertiary/aromatic N) is 2. The van der Waals surface area contributed by atoms with Gasteiger partial charge in [-0.15, -0.1) is 0 Å². The van der Waals surface area contributed by atoms with Crippen molar-refractivity contribution in [2.75, 3.05) is 0 Å². The molecule has 1 aliphatic rings. The summed E-state index contributed by atoms with van der Waals surface area (Å²) < 4.78 is 5.95. The molecule has 0 aliphatic carbocycles. The second-order valence-corrected chi connectivity index (χ2v) is 6.12. The van der Waals surface area contributed by atoms with Crippen LogP contribution in [0.5, 0.6) is 5.75 Å². The first-order valence-corrected chi connectivity index (χ1v) is 7.97. The minimum atomic E-state index is 0.114. The molecule has 1 unspecified atom stereocenters. The van der Waals surface area contributed by atoms with E-state index in [1.54, 1.807) is 0 Å². The number of fused-ring (bicyclic) bond motifs is 1. The molecule has 0 amide bonds. The Hall–Kier alpha value is -2.39. The van der Waals surface area contributed by atoms with Gasteiger partial charge in [0.2, 0.25) is 0 Å². The largest absolute Gasteiger partial charge is 0.486 e. The molecular formula is C19H15ClN2O. The van der Waals surface area contributed by atoms with Crippen LogP contribution in [0.2, 0.25) is 5.02 Å². The Morgan fingerprint density at radius 1 is 1.00 bits per heavy atom. The fourth-order valence-corrected chi connectivity index (χ4v) is 3.01. The lowest BCUT2D eigenvalue weighted by Gasteiger charge is -2.11. The summed E-state index contributed by atoms with van der Waals surface area (Å²) >= 11 is 6.15. The smallest absolute Gasteiger partial charge is 0.167 e. The predicted molar refractivity (Wildman–Crippen MR) is 91.7 cm³/mol. The SMILES string of the molecule is CC1Cc2nc(-c3ccccc3)nc(-c3cccc(Cl)c3)c2O1. The maximum absolute atomic E-state index is 6.15. The summed E-state index contributed by atoms with van der Waals surface area (Å²) in [6.07, 6.45) is 0.911. The standard InChI is InChI=1S/C19H15ClN2O/c1-12-10-16-18(23-12)17(14-8-5-9-15(20)11-14)22-19(21-16)13-6-3-2-4-7-13/h2-9,11-12H,10H2,1H3. The van der Waals surface area contributed by atoms with Gasteiger partial charge in [0.1, 0.15) is 11.8 Å². The van der Waals surface area contributed by atoms with Crippen LogP contribution in [0.1, 0.15) is 12.6 Å². The van der Waals surface area contributed by atoms with Crippen molar-refractivity contribution in [2.24, 2.45) is 0 Å². The molecule has 4 rings (SSSR count). The van der Waals surface area contributed by atoms with Crippen molar-refractivity contribution in [3.63, 3.8) is 0 Å². The third-order valence-electron chi connectivity index (χ3n) is 3.87. The lowest BCUT2D eigenvalue weighted by Crippen LogP contribution is -2.05. The van der Waals surface area contributed by atoms with Gasteiger partial charge in [0.15, 0.2) is 11.6 Å². The number of rotatable bonds is 2. The van der Waals surface area contributed by atoms with Gasteiger partial charge >= 0.3 is 0 Å². The van der Waals surface area contributed by atoms with Crippen LogP contribution in [-0.2, 0) is 6.42 Å². The van der Waals surface area contributed by atoms with Crippen LogP contribution >= 0.6 is 11.6 Å². The average molecular weight is 323 g/mol. The fraction of sp³-hybridized carbons (Fsp3) is 0.158. The molecule has 2 aromatic carbocycles. The maximum Gasteiger partial charge on any atom is 0.167 e. The summed E-state index contributed by atoms with van der Waals surface area (Å²) in [7, 11) is 0. The zero-order valence-corrected chi connectivity index (χ0v) is 13.4. The van der Waals surface area contributed by atoms with Crippen LogP contribution in [0.15, 0.2) is 54.6 Å². The molecule has 0 saturated heterocycles. The van der Waals surface area contributed by atoms with E-state index in [9.17, 15) is 0 Å². The highest BCUT2D eigenvalue weighted by Crippen LogP contribution is 2.38. The normalized spacial score (nSPS) is 16.0. The molecule has 3 aromatic rings. The summed E-state index contributed by atoms with van der Waals surface area (Å²) in [4.78, 5) is 9.48. The molecule has 114 valence electrons. The number of hydrogen-bond donors (Lipinski definition) is 0. The summed E-state index contributed by atoms with van der Waals surface area (Å²) in [5.41, 5.74) is 3.71. The Kier molecular flexibility index (Phi) is 3.50. The second kappa shape index (κ2) is 5.67. The average Bonchev–Trinajstić information content (AvgIpc) is 2.95. The Labute approximate surface area is 139 Å². The van der Waals surface area contributed by atoms with Crippen molar-refractivity contribution in [1.82, 2.24) is 9.97 Å². The summed E-state index contributed by atoms with van der Waals surface area (Å²) in [5.74, 6) is 1.50. The van der Waals surface area contributed by atoms with Crippen LogP contribution in [0.25, 0.3) is 22.6 Å². The second-order valence-electron chi connectivity index (χ2n) is 5.68. The minimum absolute atomic E-state index is 0.114. The van der Waals surface area contributed by atoms with Crippen LogP contribution in [0, 0.1) is 0 Å². The molecule has 3 nitrogen and oxygen atoms in total. The molecule has 1 aromatic heterocycles. The Morgan fingerprint density at radius 3 is 2.57 bits per heavy atom. The molecule has 2 heterocycles. The van der Waals surface area contributed by atoms with Gasteiger partial charge in [-0.2, -0.15) is 0 Å². The maximum atomic E-state index is 6.15. The van der Waals surface area contributed by atoms with Crippen molar-refractivity contribution >= 4 is 11.6 Å². The third-order valence-corrected chi connectivity index (χ3v) is 4.10. The Balaban J connectivity index is 1.92. The molecule has 4 heteroatoms. The molecule has 0 fully saturated rings. The number of ether oxygens (including phenoxy) is 1. The Morgan fingerprint density at radius 2 is 1.78 bits per heavy atom. The molecule has 1 aliphatic heterocycles. The summed E-state index contributed by atoms with van der Waals surface area (Å²) in [6, 6.07) is 17.7. The third kappa shape index (κ3) is 2.68. The van der Waals surface area contributed by atoms with E-state index in [0.717, 1.165) is 40.5 Å². The van der Waals surface area contributed by atoms with Gasteiger partial charge in [-0.3, -0.25) is 0 Å². The van der Waals surface area contributed by atoms with Crippen molar-refractivity contribution < 1.29 is 4.74 Å². The number of benzene rings is 2. The van der Waals surface area contributed by atoms with E-state index < -0.39 is 0 Å². The van der Waals surface area contributed by atoms with Crippen molar-refractivity contribution in [3.8, 4) is 28.4 Å². The van der Waals surface area contributed by atoms with Gasteiger partial charge in [-0.05, 0) is 19.1 Å².